The third kappa shape index (κ3) is 13.9. The van der Waals surface area contributed by atoms with Crippen molar-refractivity contribution in [1.29, 1.82) is 0 Å². The van der Waals surface area contributed by atoms with Crippen LogP contribution in [0, 0.1) is 11.8 Å². The minimum atomic E-state index is 0.855. The molecule has 2 atom stereocenters. The molecule has 0 amide bonds. The maximum atomic E-state index is 2.61. The quantitative estimate of drug-likeness (QED) is 0.195. The molecule has 24 heavy (non-hydrogen) atoms. The smallest absolute Gasteiger partial charge is 0.0292 e. The van der Waals surface area contributed by atoms with Gasteiger partial charge in [-0.25, -0.2) is 0 Å². The van der Waals surface area contributed by atoms with Gasteiger partial charge in [-0.05, 0) is 56.8 Å². The van der Waals surface area contributed by atoms with Crippen molar-refractivity contribution in [3.05, 3.63) is 23.8 Å². The molecule has 0 aliphatic heterocycles. The zero-order chi connectivity index (χ0) is 18.0. The lowest BCUT2D eigenvalue weighted by atomic mass is 9.88. The summed E-state index contributed by atoms with van der Waals surface area (Å²) in [7, 11) is 0. The molecule has 0 saturated heterocycles. The van der Waals surface area contributed by atoms with Crippen molar-refractivity contribution in [2.45, 2.75) is 118 Å². The molecule has 0 nitrogen and oxygen atoms in total. The molecule has 0 saturated carbocycles. The van der Waals surface area contributed by atoms with E-state index in [4.69, 9.17) is 0 Å². The van der Waals surface area contributed by atoms with Crippen LogP contribution in [-0.4, -0.2) is 0 Å². The predicted molar refractivity (Wildman–Crippen MR) is 113 cm³/mol. The van der Waals surface area contributed by atoms with E-state index < -0.39 is 0 Å². The minimum Gasteiger partial charge on any atom is -0.0885 e. The second kappa shape index (κ2) is 17.3. The van der Waals surface area contributed by atoms with Crippen LogP contribution in [0.4, 0.5) is 0 Å². The minimum absolute atomic E-state index is 0.855. The van der Waals surface area contributed by atoms with Crippen molar-refractivity contribution in [3.63, 3.8) is 0 Å². The summed E-state index contributed by atoms with van der Waals surface area (Å²) in [4.78, 5) is 0. The summed E-state index contributed by atoms with van der Waals surface area (Å²) in [6.07, 6.45) is 24.7. The van der Waals surface area contributed by atoms with Crippen LogP contribution in [0.1, 0.15) is 118 Å². The van der Waals surface area contributed by atoms with Crippen LogP contribution in [0.3, 0.4) is 0 Å². The lowest BCUT2D eigenvalue weighted by molar-refractivity contribution is 0.459. The summed E-state index contributed by atoms with van der Waals surface area (Å²) >= 11 is 0. The van der Waals surface area contributed by atoms with Crippen molar-refractivity contribution in [1.82, 2.24) is 0 Å². The predicted octanol–water partition coefficient (Wildman–Crippen LogP) is 8.87. The molecule has 0 heteroatoms. The van der Waals surface area contributed by atoms with Gasteiger partial charge in [0.1, 0.15) is 0 Å². The molecule has 0 heterocycles. The first-order valence-corrected chi connectivity index (χ1v) is 11.0. The molecular weight excluding hydrogens is 288 g/mol. The molecule has 0 spiro atoms. The van der Waals surface area contributed by atoms with Crippen LogP contribution >= 0.6 is 0 Å². The molecule has 2 unspecified atom stereocenters. The van der Waals surface area contributed by atoms with Crippen LogP contribution in [0.15, 0.2) is 23.8 Å². The van der Waals surface area contributed by atoms with Crippen LogP contribution in [0.25, 0.3) is 0 Å². The first kappa shape index (κ1) is 23.5. The highest BCUT2D eigenvalue weighted by Gasteiger charge is 2.09. The van der Waals surface area contributed by atoms with Gasteiger partial charge in [0.25, 0.3) is 0 Å². The van der Waals surface area contributed by atoms with Crippen molar-refractivity contribution in [2.24, 2.45) is 11.8 Å². The molecule has 0 N–H and O–H groups in total. The summed E-state index contributed by atoms with van der Waals surface area (Å²) in [6.45, 7) is 11.7. The Morgan fingerprint density at radius 3 is 2.17 bits per heavy atom. The van der Waals surface area contributed by atoms with Gasteiger partial charge in [-0.3, -0.25) is 0 Å². The number of hydrogen-bond acceptors (Lipinski definition) is 0. The highest BCUT2D eigenvalue weighted by Crippen LogP contribution is 2.25. The van der Waals surface area contributed by atoms with Crippen molar-refractivity contribution in [2.75, 3.05) is 0 Å². The fourth-order valence-corrected chi connectivity index (χ4v) is 3.38. The Hall–Kier alpha value is -0.520. The summed E-state index contributed by atoms with van der Waals surface area (Å²) in [5.41, 5.74) is 1.75. The Bertz CT molecular complexity index is 310. The number of rotatable bonds is 16. The first-order chi connectivity index (χ1) is 11.7. The lowest BCUT2D eigenvalue weighted by Crippen LogP contribution is -2.02. The van der Waals surface area contributed by atoms with Gasteiger partial charge in [0.2, 0.25) is 0 Å². The summed E-state index contributed by atoms with van der Waals surface area (Å²) < 4.78 is 0. The lowest BCUT2D eigenvalue weighted by Gasteiger charge is -2.17. The average Bonchev–Trinajstić information content (AvgIpc) is 2.59. The van der Waals surface area contributed by atoms with Crippen LogP contribution < -0.4 is 0 Å². The zero-order valence-corrected chi connectivity index (χ0v) is 17.6. The van der Waals surface area contributed by atoms with E-state index in [-0.39, 0.29) is 0 Å². The Labute approximate surface area is 154 Å². The van der Waals surface area contributed by atoms with E-state index in [1.54, 1.807) is 5.57 Å². The molecular formula is C24H46. The Morgan fingerprint density at radius 1 is 0.833 bits per heavy atom. The second-order valence-corrected chi connectivity index (χ2v) is 7.76. The van der Waals surface area contributed by atoms with Gasteiger partial charge in [-0.1, -0.05) is 96.9 Å². The number of hydrogen-bond donors (Lipinski definition) is 0. The van der Waals surface area contributed by atoms with Gasteiger partial charge in [0.15, 0.2) is 0 Å². The Morgan fingerprint density at radius 2 is 1.54 bits per heavy atom. The molecule has 0 fully saturated rings. The fraction of sp³-hybridized carbons (Fsp3) is 0.833. The SMILES string of the molecule is CCCCC=CCCC(CC)CC(=CCC(C)CCC)CCCC. The Kier molecular flexibility index (Phi) is 16.9. The average molecular weight is 335 g/mol. The summed E-state index contributed by atoms with van der Waals surface area (Å²) in [5, 5.41) is 0. The van der Waals surface area contributed by atoms with Crippen molar-refractivity contribution in [3.8, 4) is 0 Å². The van der Waals surface area contributed by atoms with Crippen molar-refractivity contribution >= 4 is 0 Å². The molecule has 0 aromatic heterocycles. The monoisotopic (exact) mass is 334 g/mol. The normalized spacial score (nSPS) is 15.1. The van der Waals surface area contributed by atoms with Gasteiger partial charge >= 0.3 is 0 Å². The van der Waals surface area contributed by atoms with Crippen molar-refractivity contribution < 1.29 is 0 Å². The van der Waals surface area contributed by atoms with Gasteiger partial charge in [-0.2, -0.15) is 0 Å². The van der Waals surface area contributed by atoms with E-state index in [0.717, 1.165) is 11.8 Å². The Balaban J connectivity index is 4.37. The van der Waals surface area contributed by atoms with Crippen LogP contribution in [0.2, 0.25) is 0 Å². The third-order valence-electron chi connectivity index (χ3n) is 5.20. The molecule has 0 aromatic rings. The highest BCUT2D eigenvalue weighted by atomic mass is 14.2. The molecule has 0 aromatic carbocycles. The number of allylic oxidation sites excluding steroid dienone is 4. The maximum absolute atomic E-state index is 2.61. The summed E-state index contributed by atoms with van der Waals surface area (Å²) in [5.74, 6) is 1.73. The van der Waals surface area contributed by atoms with Gasteiger partial charge in [0.05, 0.1) is 0 Å². The van der Waals surface area contributed by atoms with Gasteiger partial charge in [0, 0.05) is 0 Å². The number of unbranched alkanes of at least 4 members (excludes halogenated alkanes) is 3. The van der Waals surface area contributed by atoms with E-state index >= 15 is 0 Å². The van der Waals surface area contributed by atoms with E-state index in [0.29, 0.717) is 0 Å². The first-order valence-electron chi connectivity index (χ1n) is 11.0. The molecule has 0 bridgehead atoms. The van der Waals surface area contributed by atoms with E-state index in [9.17, 15) is 0 Å². The topological polar surface area (TPSA) is 0 Å². The van der Waals surface area contributed by atoms with Gasteiger partial charge in [-0.15, -0.1) is 0 Å². The highest BCUT2D eigenvalue weighted by molar-refractivity contribution is 5.04. The maximum Gasteiger partial charge on any atom is -0.0292 e. The van der Waals surface area contributed by atoms with Crippen LogP contribution in [-0.2, 0) is 0 Å². The molecule has 0 radical (unpaired) electrons. The van der Waals surface area contributed by atoms with E-state index in [2.05, 4.69) is 52.8 Å². The van der Waals surface area contributed by atoms with Crippen LogP contribution in [0.5, 0.6) is 0 Å². The third-order valence-corrected chi connectivity index (χ3v) is 5.20. The second-order valence-electron chi connectivity index (χ2n) is 7.76. The van der Waals surface area contributed by atoms with E-state index in [1.165, 1.54) is 83.5 Å². The molecule has 142 valence electrons. The molecule has 0 aliphatic rings. The van der Waals surface area contributed by atoms with E-state index in [1.807, 2.05) is 0 Å². The van der Waals surface area contributed by atoms with Gasteiger partial charge < -0.3 is 0 Å². The molecule has 0 rings (SSSR count). The largest absolute Gasteiger partial charge is 0.0885 e. The molecule has 0 aliphatic carbocycles. The zero-order valence-electron chi connectivity index (χ0n) is 17.6. The summed E-state index contributed by atoms with van der Waals surface area (Å²) in [6, 6.07) is 0. The standard InChI is InChI=1S/C24H46/c1-6-10-12-13-14-15-18-23(9-4)21-24(17-11-7-2)20-19-22(5)16-8-3/h13-14,20,22-23H,6-12,15-19,21H2,1-5H3. The fourth-order valence-electron chi connectivity index (χ4n) is 3.38.